The molecule has 1 aliphatic rings. The molecule has 3 N–H and O–H groups in total. The van der Waals surface area contributed by atoms with Crippen molar-refractivity contribution in [2.24, 2.45) is 5.73 Å². The van der Waals surface area contributed by atoms with E-state index in [1.54, 1.807) is 6.20 Å². The molecule has 6 nitrogen and oxygen atoms in total. The summed E-state index contributed by atoms with van der Waals surface area (Å²) in [4.78, 5) is 18.3. The number of nitrogens with one attached hydrogen (secondary N) is 1. The van der Waals surface area contributed by atoms with Crippen LogP contribution in [0.15, 0.2) is 30.5 Å². The highest BCUT2D eigenvalue weighted by molar-refractivity contribution is 5.75. The second-order valence-electron chi connectivity index (χ2n) is 6.67. The van der Waals surface area contributed by atoms with Gasteiger partial charge >= 0.3 is 0 Å². The van der Waals surface area contributed by atoms with Crippen LogP contribution in [0.4, 0.5) is 0 Å². The Hall–Kier alpha value is -1.92. The summed E-state index contributed by atoms with van der Waals surface area (Å²) >= 11 is 0. The van der Waals surface area contributed by atoms with Crippen LogP contribution >= 0.6 is 0 Å². The van der Waals surface area contributed by atoms with Crippen LogP contribution in [-0.4, -0.2) is 48.6 Å². The minimum absolute atomic E-state index is 0.0658. The van der Waals surface area contributed by atoms with Crippen LogP contribution in [0, 0.1) is 0 Å². The summed E-state index contributed by atoms with van der Waals surface area (Å²) in [6, 6.07) is 4.07. The number of hydrogen-bond donors (Lipinski definition) is 2. The van der Waals surface area contributed by atoms with Crippen LogP contribution in [0.3, 0.4) is 0 Å². The Morgan fingerprint density at radius 2 is 2.12 bits per heavy atom. The van der Waals surface area contributed by atoms with Gasteiger partial charge in [0.05, 0.1) is 0 Å². The Kier molecular flexibility index (Phi) is 9.75. The third kappa shape index (κ3) is 8.45. The number of pyridine rings is 1. The summed E-state index contributed by atoms with van der Waals surface area (Å²) < 4.78 is 5.68. The molecule has 1 aromatic heterocycles. The van der Waals surface area contributed by atoms with E-state index < -0.39 is 0 Å². The molecule has 6 heteroatoms. The molecule has 0 spiro atoms. The van der Waals surface area contributed by atoms with Crippen molar-refractivity contribution in [3.8, 4) is 5.88 Å². The maximum absolute atomic E-state index is 11.5. The van der Waals surface area contributed by atoms with Gasteiger partial charge in [0.2, 0.25) is 11.8 Å². The molecule has 0 saturated carbocycles. The van der Waals surface area contributed by atoms with Gasteiger partial charge in [0, 0.05) is 31.8 Å². The molecule has 0 bridgehead atoms. The maximum atomic E-state index is 11.5. The lowest BCUT2D eigenvalue weighted by molar-refractivity contribution is -0.120. The van der Waals surface area contributed by atoms with Crippen LogP contribution in [-0.2, 0) is 11.3 Å². The number of nitrogens with two attached hydrogens (primary N) is 1. The zero-order valence-electron chi connectivity index (χ0n) is 15.7. The Balaban J connectivity index is 1.62. The number of carbonyl (C=O) groups is 1. The molecule has 0 atom stereocenters. The number of likely N-dealkylation sites (tertiary alicyclic amines) is 1. The number of amides is 1. The summed E-state index contributed by atoms with van der Waals surface area (Å²) in [6.45, 7) is 4.93. The third-order valence-electron chi connectivity index (χ3n) is 4.42. The molecule has 26 heavy (non-hydrogen) atoms. The standard InChI is InChI=1S/C20H32N4O2/c21-10-3-2-8-19(25)22-11-4-7-15-26-20-16-18(9-12-23-20)17-24-13-5-1-6-14-24/h4,7,9,12,16H,1-3,5-6,8,10-11,13-15,17,21H2,(H,22,25)/b7-4-. The smallest absolute Gasteiger partial charge is 0.220 e. The Morgan fingerprint density at radius 3 is 2.92 bits per heavy atom. The molecule has 0 aromatic carbocycles. The van der Waals surface area contributed by atoms with E-state index in [4.69, 9.17) is 10.5 Å². The summed E-state index contributed by atoms with van der Waals surface area (Å²) in [5, 5.41) is 2.85. The van der Waals surface area contributed by atoms with Gasteiger partial charge in [-0.3, -0.25) is 9.69 Å². The largest absolute Gasteiger partial charge is 0.473 e. The molecule has 1 saturated heterocycles. The predicted octanol–water partition coefficient (Wildman–Crippen LogP) is 2.25. The highest BCUT2D eigenvalue weighted by atomic mass is 16.5. The summed E-state index contributed by atoms with van der Waals surface area (Å²) in [5.41, 5.74) is 6.65. The van der Waals surface area contributed by atoms with E-state index in [0.29, 0.717) is 32.0 Å². The fraction of sp³-hybridized carbons (Fsp3) is 0.600. The monoisotopic (exact) mass is 360 g/mol. The second-order valence-corrected chi connectivity index (χ2v) is 6.67. The number of aromatic nitrogens is 1. The molecule has 144 valence electrons. The van der Waals surface area contributed by atoms with Crippen molar-refractivity contribution in [1.82, 2.24) is 15.2 Å². The Labute approximate surface area is 156 Å². The summed E-state index contributed by atoms with van der Waals surface area (Å²) in [5.74, 6) is 0.714. The minimum atomic E-state index is 0.0658. The van der Waals surface area contributed by atoms with Gasteiger partial charge in [-0.1, -0.05) is 12.5 Å². The molecular formula is C20H32N4O2. The summed E-state index contributed by atoms with van der Waals surface area (Å²) in [6.07, 6.45) is 11.8. The highest BCUT2D eigenvalue weighted by Crippen LogP contribution is 2.15. The van der Waals surface area contributed by atoms with E-state index in [0.717, 1.165) is 19.4 Å². The lowest BCUT2D eigenvalue weighted by Gasteiger charge is -2.26. The molecule has 1 amide bonds. The Morgan fingerprint density at radius 1 is 1.27 bits per heavy atom. The fourth-order valence-electron chi connectivity index (χ4n) is 2.98. The molecule has 2 heterocycles. The van der Waals surface area contributed by atoms with Gasteiger partial charge in [-0.2, -0.15) is 0 Å². The van der Waals surface area contributed by atoms with Crippen LogP contribution in [0.1, 0.15) is 44.1 Å². The first-order valence-corrected chi connectivity index (χ1v) is 9.70. The van der Waals surface area contributed by atoms with Crippen LogP contribution in [0.2, 0.25) is 0 Å². The SMILES string of the molecule is NCCCCC(=O)NC/C=C\COc1cc(CN2CCCCC2)ccn1. The number of unbranched alkanes of at least 4 members (excludes halogenated alkanes) is 1. The first kappa shape index (κ1) is 20.4. The molecule has 1 aromatic rings. The van der Waals surface area contributed by atoms with Crippen LogP contribution < -0.4 is 15.8 Å². The molecular weight excluding hydrogens is 328 g/mol. The van der Waals surface area contributed by atoms with Gasteiger partial charge in [-0.25, -0.2) is 4.98 Å². The van der Waals surface area contributed by atoms with Crippen molar-refractivity contribution < 1.29 is 9.53 Å². The molecule has 2 rings (SSSR count). The van der Waals surface area contributed by atoms with Crippen LogP contribution in [0.25, 0.3) is 0 Å². The number of nitrogens with zero attached hydrogens (tertiary/aromatic N) is 2. The number of hydrogen-bond acceptors (Lipinski definition) is 5. The van der Waals surface area contributed by atoms with E-state index in [-0.39, 0.29) is 5.91 Å². The van der Waals surface area contributed by atoms with Crippen molar-refractivity contribution >= 4 is 5.91 Å². The quantitative estimate of drug-likeness (QED) is 0.467. The fourth-order valence-corrected chi connectivity index (χ4v) is 2.98. The van der Waals surface area contributed by atoms with Crippen LogP contribution in [0.5, 0.6) is 5.88 Å². The maximum Gasteiger partial charge on any atom is 0.220 e. The lowest BCUT2D eigenvalue weighted by Crippen LogP contribution is -2.29. The van der Waals surface area contributed by atoms with Gasteiger partial charge in [0.1, 0.15) is 6.61 Å². The third-order valence-corrected chi connectivity index (χ3v) is 4.42. The topological polar surface area (TPSA) is 80.5 Å². The average Bonchev–Trinajstić information content (AvgIpc) is 2.66. The number of rotatable bonds is 11. The van der Waals surface area contributed by atoms with E-state index in [1.165, 1.54) is 37.9 Å². The van der Waals surface area contributed by atoms with Crippen molar-refractivity contribution in [2.75, 3.05) is 32.8 Å². The number of ether oxygens (including phenoxy) is 1. The van der Waals surface area contributed by atoms with Gasteiger partial charge in [0.15, 0.2) is 0 Å². The van der Waals surface area contributed by atoms with E-state index in [2.05, 4.69) is 21.3 Å². The minimum Gasteiger partial charge on any atom is -0.473 e. The van der Waals surface area contributed by atoms with Crippen molar-refractivity contribution in [1.29, 1.82) is 0 Å². The van der Waals surface area contributed by atoms with E-state index in [1.807, 2.05) is 18.2 Å². The van der Waals surface area contributed by atoms with Gasteiger partial charge in [-0.15, -0.1) is 0 Å². The highest BCUT2D eigenvalue weighted by Gasteiger charge is 2.10. The van der Waals surface area contributed by atoms with E-state index >= 15 is 0 Å². The lowest BCUT2D eigenvalue weighted by atomic mass is 10.1. The second kappa shape index (κ2) is 12.4. The van der Waals surface area contributed by atoms with Crippen molar-refractivity contribution in [3.63, 3.8) is 0 Å². The van der Waals surface area contributed by atoms with Gasteiger partial charge in [0.25, 0.3) is 0 Å². The van der Waals surface area contributed by atoms with Gasteiger partial charge < -0.3 is 15.8 Å². The van der Waals surface area contributed by atoms with Crippen molar-refractivity contribution in [3.05, 3.63) is 36.0 Å². The molecule has 0 unspecified atom stereocenters. The summed E-state index contributed by atoms with van der Waals surface area (Å²) in [7, 11) is 0. The number of piperidine rings is 1. The normalized spacial score (nSPS) is 15.3. The predicted molar refractivity (Wildman–Crippen MR) is 104 cm³/mol. The average molecular weight is 361 g/mol. The zero-order valence-corrected chi connectivity index (χ0v) is 15.7. The van der Waals surface area contributed by atoms with E-state index in [9.17, 15) is 4.79 Å². The van der Waals surface area contributed by atoms with Gasteiger partial charge in [-0.05, 0) is 63.0 Å². The first-order valence-electron chi connectivity index (χ1n) is 9.70. The zero-order chi connectivity index (χ0) is 18.5. The molecule has 0 radical (unpaired) electrons. The molecule has 0 aliphatic carbocycles. The Bertz CT molecular complexity index is 556. The molecule has 1 aliphatic heterocycles. The van der Waals surface area contributed by atoms with Crippen molar-refractivity contribution in [2.45, 2.75) is 45.1 Å². The first-order chi connectivity index (χ1) is 12.8. The number of carbonyl (C=O) groups excluding carboxylic acids is 1. The molecule has 1 fully saturated rings.